The molecule has 0 spiro atoms. The zero-order chi connectivity index (χ0) is 17.3. The predicted octanol–water partition coefficient (Wildman–Crippen LogP) is 1.81. The van der Waals surface area contributed by atoms with E-state index in [-0.39, 0.29) is 18.0 Å². The summed E-state index contributed by atoms with van der Waals surface area (Å²) < 4.78 is 4.05. The molecule has 3 heterocycles. The number of carbonyl (C=O) groups excluding carboxylic acids is 1. The van der Waals surface area contributed by atoms with E-state index in [4.69, 9.17) is 0 Å². The molecule has 2 aromatic heterocycles. The molecule has 2 aromatic rings. The Balaban J connectivity index is 1.73. The van der Waals surface area contributed by atoms with E-state index in [0.29, 0.717) is 5.69 Å². The van der Waals surface area contributed by atoms with Gasteiger partial charge >= 0.3 is 0 Å². The molecule has 7 heteroatoms. The van der Waals surface area contributed by atoms with Crippen molar-refractivity contribution < 1.29 is 4.79 Å². The molecular formula is C17H26N6O. The predicted molar refractivity (Wildman–Crippen MR) is 91.6 cm³/mol. The van der Waals surface area contributed by atoms with Crippen molar-refractivity contribution in [2.75, 3.05) is 6.54 Å². The van der Waals surface area contributed by atoms with Crippen molar-refractivity contribution in [3.8, 4) is 0 Å². The quantitative estimate of drug-likeness (QED) is 0.908. The molecule has 0 aromatic carbocycles. The second-order valence-electron chi connectivity index (χ2n) is 6.66. The second-order valence-corrected chi connectivity index (χ2v) is 6.66. The minimum atomic E-state index is -0.102. The van der Waals surface area contributed by atoms with Crippen LogP contribution >= 0.6 is 0 Å². The van der Waals surface area contributed by atoms with Gasteiger partial charge in [0.25, 0.3) is 5.91 Å². The molecule has 1 aliphatic heterocycles. The zero-order valence-corrected chi connectivity index (χ0v) is 14.9. The molecule has 0 radical (unpaired) electrons. The molecule has 0 fully saturated rings. The SMILES string of the molecule is CCn1cc(CN2CCn3cc(C(=O)NC(C)C)nc3C2C)cn1. The van der Waals surface area contributed by atoms with Crippen molar-refractivity contribution >= 4 is 5.91 Å². The minimum Gasteiger partial charge on any atom is -0.348 e. The van der Waals surface area contributed by atoms with Gasteiger partial charge in [-0.25, -0.2) is 4.98 Å². The van der Waals surface area contributed by atoms with Gasteiger partial charge in [-0.2, -0.15) is 5.10 Å². The molecule has 130 valence electrons. The third-order valence-electron chi connectivity index (χ3n) is 4.41. The van der Waals surface area contributed by atoms with E-state index in [1.54, 1.807) is 0 Å². The van der Waals surface area contributed by atoms with Crippen LogP contribution in [0.1, 0.15) is 55.6 Å². The number of hydrogen-bond acceptors (Lipinski definition) is 4. The van der Waals surface area contributed by atoms with Gasteiger partial charge in [0.05, 0.1) is 12.2 Å². The van der Waals surface area contributed by atoms with E-state index < -0.39 is 0 Å². The van der Waals surface area contributed by atoms with E-state index in [1.165, 1.54) is 5.56 Å². The molecule has 0 aliphatic carbocycles. The van der Waals surface area contributed by atoms with Crippen molar-refractivity contribution in [1.82, 2.24) is 29.5 Å². The molecule has 24 heavy (non-hydrogen) atoms. The van der Waals surface area contributed by atoms with Crippen LogP contribution in [0.5, 0.6) is 0 Å². The van der Waals surface area contributed by atoms with Crippen LogP contribution in [0.15, 0.2) is 18.6 Å². The summed E-state index contributed by atoms with van der Waals surface area (Å²) in [5, 5.41) is 7.24. The Morgan fingerprint density at radius 3 is 2.83 bits per heavy atom. The van der Waals surface area contributed by atoms with Gasteiger partial charge in [-0.1, -0.05) is 0 Å². The van der Waals surface area contributed by atoms with Crippen molar-refractivity contribution in [3.05, 3.63) is 35.7 Å². The van der Waals surface area contributed by atoms with Crippen LogP contribution in [0.3, 0.4) is 0 Å². The summed E-state index contributed by atoms with van der Waals surface area (Å²) in [5.41, 5.74) is 1.72. The number of rotatable bonds is 5. The number of hydrogen-bond donors (Lipinski definition) is 1. The van der Waals surface area contributed by atoms with E-state index in [0.717, 1.165) is 32.0 Å². The lowest BCUT2D eigenvalue weighted by Gasteiger charge is -2.33. The number of nitrogens with one attached hydrogen (secondary N) is 1. The van der Waals surface area contributed by atoms with Gasteiger partial charge in [-0.3, -0.25) is 14.4 Å². The molecular weight excluding hydrogens is 304 g/mol. The Morgan fingerprint density at radius 2 is 2.17 bits per heavy atom. The molecule has 0 saturated carbocycles. The van der Waals surface area contributed by atoms with Gasteiger partial charge in [0.15, 0.2) is 0 Å². The summed E-state index contributed by atoms with van der Waals surface area (Å²) in [6.07, 6.45) is 5.89. The monoisotopic (exact) mass is 330 g/mol. The van der Waals surface area contributed by atoms with Crippen molar-refractivity contribution in [1.29, 1.82) is 0 Å². The summed E-state index contributed by atoms with van der Waals surface area (Å²) in [5.74, 6) is 0.855. The molecule has 7 nitrogen and oxygen atoms in total. The van der Waals surface area contributed by atoms with Gasteiger partial charge in [0, 0.05) is 50.2 Å². The molecule has 1 amide bonds. The van der Waals surface area contributed by atoms with Crippen LogP contribution in [0.25, 0.3) is 0 Å². The van der Waals surface area contributed by atoms with Gasteiger partial charge in [0.2, 0.25) is 0 Å². The highest BCUT2D eigenvalue weighted by Crippen LogP contribution is 2.26. The summed E-state index contributed by atoms with van der Waals surface area (Å²) in [4.78, 5) is 19.1. The molecule has 1 unspecified atom stereocenters. The Hall–Kier alpha value is -2.15. The van der Waals surface area contributed by atoms with E-state index in [9.17, 15) is 4.79 Å². The van der Waals surface area contributed by atoms with Crippen molar-refractivity contribution in [2.24, 2.45) is 0 Å². The van der Waals surface area contributed by atoms with Crippen LogP contribution in [0, 0.1) is 0 Å². The average Bonchev–Trinajstić information content (AvgIpc) is 3.16. The van der Waals surface area contributed by atoms with Gasteiger partial charge in [-0.05, 0) is 27.7 Å². The Morgan fingerprint density at radius 1 is 1.38 bits per heavy atom. The van der Waals surface area contributed by atoms with Crippen molar-refractivity contribution in [2.45, 2.75) is 59.4 Å². The first-order valence-corrected chi connectivity index (χ1v) is 8.61. The largest absolute Gasteiger partial charge is 0.348 e. The summed E-state index contributed by atoms with van der Waals surface area (Å²) >= 11 is 0. The fourth-order valence-corrected chi connectivity index (χ4v) is 3.09. The van der Waals surface area contributed by atoms with Crippen LogP contribution < -0.4 is 5.32 Å². The third kappa shape index (κ3) is 3.36. The first-order valence-electron chi connectivity index (χ1n) is 8.61. The zero-order valence-electron chi connectivity index (χ0n) is 14.9. The number of fused-ring (bicyclic) bond motifs is 1. The molecule has 1 atom stereocenters. The first-order chi connectivity index (χ1) is 11.5. The molecule has 0 saturated heterocycles. The molecule has 3 rings (SSSR count). The van der Waals surface area contributed by atoms with Crippen LogP contribution in [0.4, 0.5) is 0 Å². The van der Waals surface area contributed by atoms with Crippen LogP contribution in [0.2, 0.25) is 0 Å². The number of carbonyl (C=O) groups is 1. The van der Waals surface area contributed by atoms with E-state index in [2.05, 4.69) is 44.9 Å². The average molecular weight is 330 g/mol. The fraction of sp³-hybridized carbons (Fsp3) is 0.588. The highest BCUT2D eigenvalue weighted by atomic mass is 16.2. The maximum Gasteiger partial charge on any atom is 0.271 e. The Kier molecular flexibility index (Phi) is 4.71. The van der Waals surface area contributed by atoms with Gasteiger partial charge < -0.3 is 9.88 Å². The van der Waals surface area contributed by atoms with Gasteiger partial charge in [0.1, 0.15) is 11.5 Å². The van der Waals surface area contributed by atoms with Crippen LogP contribution in [-0.2, 0) is 19.6 Å². The Labute approximate surface area is 142 Å². The second kappa shape index (κ2) is 6.76. The highest BCUT2D eigenvalue weighted by Gasteiger charge is 2.27. The smallest absolute Gasteiger partial charge is 0.271 e. The topological polar surface area (TPSA) is 68.0 Å². The number of aryl methyl sites for hydroxylation is 1. The van der Waals surface area contributed by atoms with Crippen LogP contribution in [-0.4, -0.2) is 42.7 Å². The summed E-state index contributed by atoms with van der Waals surface area (Å²) in [6.45, 7) is 11.7. The van der Waals surface area contributed by atoms with Gasteiger partial charge in [-0.15, -0.1) is 0 Å². The third-order valence-corrected chi connectivity index (χ3v) is 4.41. The number of imidazole rings is 1. The molecule has 1 aliphatic rings. The maximum absolute atomic E-state index is 12.2. The Bertz CT molecular complexity index is 716. The minimum absolute atomic E-state index is 0.102. The summed E-state index contributed by atoms with van der Waals surface area (Å²) in [6, 6.07) is 0.282. The number of nitrogens with zero attached hydrogens (tertiary/aromatic N) is 5. The normalized spacial score (nSPS) is 18.0. The standard InChI is InChI=1S/C17H26N6O/c1-5-23-10-14(8-18-23)9-21-6-7-22-11-15(17(24)19-12(2)3)20-16(22)13(21)4/h8,10-13H,5-7,9H2,1-4H3,(H,19,24). The molecule has 1 N–H and O–H groups in total. The van der Waals surface area contributed by atoms with Crippen molar-refractivity contribution in [3.63, 3.8) is 0 Å². The molecule has 0 bridgehead atoms. The highest BCUT2D eigenvalue weighted by molar-refractivity contribution is 5.92. The van der Waals surface area contributed by atoms with E-state index >= 15 is 0 Å². The number of aromatic nitrogens is 4. The lowest BCUT2D eigenvalue weighted by molar-refractivity contribution is 0.0938. The first kappa shape index (κ1) is 16.7. The fourth-order valence-electron chi connectivity index (χ4n) is 3.09. The lowest BCUT2D eigenvalue weighted by Crippen LogP contribution is -2.36. The lowest BCUT2D eigenvalue weighted by atomic mass is 10.2. The maximum atomic E-state index is 12.2. The van der Waals surface area contributed by atoms with E-state index in [1.807, 2.05) is 30.9 Å². The summed E-state index contributed by atoms with van der Waals surface area (Å²) in [7, 11) is 0. The number of amides is 1.